The standard InChI is InChI=1S/C34H37F2N5O3/c1-2-20-5-3-6-21-13-23(42)14-24(27(20)21)29-28(36)30-25(16-37-29)31(40-12-7-26(43)33(18-40)9-10-33)39-32(38-30)44-19-34-8-4-11-41(34)17-22(35)15-34/h3,5-6,13-14,16,22,26,42-43H,2,4,7-12,15,17-19H2,1H3/t22-,26?,34+/m1/s1. The van der Waals surface area contributed by atoms with Gasteiger partial charge in [0.1, 0.15) is 35.6 Å². The van der Waals surface area contributed by atoms with Crippen molar-refractivity contribution < 1.29 is 23.7 Å². The Morgan fingerprint density at radius 1 is 1.14 bits per heavy atom. The SMILES string of the molecule is CCc1cccc2cc(O)cc(-c3ncc4c(N5CCC(O)C6(CC6)C5)nc(OC[C@@]56CCCN5C[C@H](F)C6)nc4c3F)c12. The molecule has 0 radical (unpaired) electrons. The molecule has 3 aliphatic heterocycles. The minimum Gasteiger partial charge on any atom is -0.508 e. The van der Waals surface area contributed by atoms with Gasteiger partial charge in [0.25, 0.3) is 0 Å². The molecule has 0 amide bonds. The van der Waals surface area contributed by atoms with Crippen molar-refractivity contribution in [3.05, 3.63) is 47.9 Å². The van der Waals surface area contributed by atoms with E-state index in [0.29, 0.717) is 49.2 Å². The second-order valence-corrected chi connectivity index (χ2v) is 13.3. The molecule has 2 aromatic carbocycles. The van der Waals surface area contributed by atoms with Gasteiger partial charge in [0.2, 0.25) is 0 Å². The highest BCUT2D eigenvalue weighted by Gasteiger charge is 2.52. The van der Waals surface area contributed by atoms with Crippen molar-refractivity contribution in [2.45, 2.75) is 69.7 Å². The van der Waals surface area contributed by atoms with Crippen LogP contribution in [0.1, 0.15) is 51.0 Å². The molecule has 3 atom stereocenters. The lowest BCUT2D eigenvalue weighted by Crippen LogP contribution is -2.45. The van der Waals surface area contributed by atoms with E-state index in [1.54, 1.807) is 18.3 Å². The molecule has 1 saturated carbocycles. The molecule has 1 spiro atoms. The molecule has 2 aromatic heterocycles. The smallest absolute Gasteiger partial charge is 0.319 e. The average Bonchev–Trinajstić information content (AvgIpc) is 3.58. The number of hydrogen-bond acceptors (Lipinski definition) is 8. The van der Waals surface area contributed by atoms with Crippen LogP contribution in [-0.2, 0) is 6.42 Å². The predicted molar refractivity (Wildman–Crippen MR) is 164 cm³/mol. The average molecular weight is 602 g/mol. The molecule has 1 aliphatic carbocycles. The van der Waals surface area contributed by atoms with Crippen LogP contribution in [-0.4, -0.2) is 80.7 Å². The number of rotatable bonds is 6. The molecule has 230 valence electrons. The van der Waals surface area contributed by atoms with E-state index in [0.717, 1.165) is 55.0 Å². The summed E-state index contributed by atoms with van der Waals surface area (Å²) in [5.41, 5.74) is 1.15. The zero-order valence-electron chi connectivity index (χ0n) is 24.9. The van der Waals surface area contributed by atoms with Crippen LogP contribution < -0.4 is 9.64 Å². The Kier molecular flexibility index (Phi) is 6.47. The normalized spacial score (nSPS) is 26.1. The number of nitrogens with zero attached hydrogens (tertiary/aromatic N) is 5. The zero-order chi connectivity index (χ0) is 30.2. The summed E-state index contributed by atoms with van der Waals surface area (Å²) in [4.78, 5) is 18.3. The van der Waals surface area contributed by atoms with Crippen LogP contribution in [0.5, 0.6) is 11.8 Å². The van der Waals surface area contributed by atoms with Gasteiger partial charge >= 0.3 is 6.01 Å². The first-order chi connectivity index (χ1) is 21.3. The maximum Gasteiger partial charge on any atom is 0.319 e. The van der Waals surface area contributed by atoms with Crippen molar-refractivity contribution in [1.29, 1.82) is 0 Å². The largest absolute Gasteiger partial charge is 0.508 e. The molecule has 8 nitrogen and oxygen atoms in total. The molecule has 5 heterocycles. The third-order valence-corrected chi connectivity index (χ3v) is 10.6. The first-order valence-electron chi connectivity index (χ1n) is 15.9. The number of benzene rings is 2. The molecular formula is C34H37F2N5O3. The Morgan fingerprint density at radius 2 is 2.00 bits per heavy atom. The monoisotopic (exact) mass is 601 g/mol. The maximum absolute atomic E-state index is 16.8. The quantitative estimate of drug-likeness (QED) is 0.297. The first kappa shape index (κ1) is 27.9. The minimum absolute atomic E-state index is 0.0270. The van der Waals surface area contributed by atoms with Gasteiger partial charge in [0.15, 0.2) is 5.82 Å². The summed E-state index contributed by atoms with van der Waals surface area (Å²) < 4.78 is 37.5. The lowest BCUT2D eigenvalue weighted by atomic mass is 9.91. The van der Waals surface area contributed by atoms with Crippen LogP contribution in [0.25, 0.3) is 32.9 Å². The van der Waals surface area contributed by atoms with E-state index >= 15 is 4.39 Å². The van der Waals surface area contributed by atoms with E-state index in [2.05, 4.69) is 19.8 Å². The Labute approximate surface area is 254 Å². The maximum atomic E-state index is 16.8. The van der Waals surface area contributed by atoms with Gasteiger partial charge in [0, 0.05) is 43.2 Å². The van der Waals surface area contributed by atoms with E-state index in [-0.39, 0.29) is 41.1 Å². The van der Waals surface area contributed by atoms with E-state index < -0.39 is 17.5 Å². The fourth-order valence-electron chi connectivity index (χ4n) is 8.12. The third-order valence-electron chi connectivity index (χ3n) is 10.6. The number of anilines is 1. The number of aromatic hydroxyl groups is 1. The van der Waals surface area contributed by atoms with Gasteiger partial charge in [-0.15, -0.1) is 0 Å². The number of aromatic nitrogens is 3. The van der Waals surface area contributed by atoms with E-state index in [9.17, 15) is 14.6 Å². The van der Waals surface area contributed by atoms with Crippen molar-refractivity contribution in [2.24, 2.45) is 5.41 Å². The molecule has 10 heteroatoms. The first-order valence-corrected chi connectivity index (χ1v) is 15.9. The topological polar surface area (TPSA) is 94.8 Å². The molecule has 2 N–H and O–H groups in total. The van der Waals surface area contributed by atoms with E-state index in [1.165, 1.54) is 0 Å². The number of phenols is 1. The van der Waals surface area contributed by atoms with Crippen molar-refractivity contribution in [3.63, 3.8) is 0 Å². The summed E-state index contributed by atoms with van der Waals surface area (Å²) in [6.07, 6.45) is 5.82. The summed E-state index contributed by atoms with van der Waals surface area (Å²) in [7, 11) is 0. The molecule has 8 rings (SSSR count). The number of aliphatic hydroxyl groups excluding tert-OH is 1. The van der Waals surface area contributed by atoms with Gasteiger partial charge in [-0.05, 0) is 73.5 Å². The van der Waals surface area contributed by atoms with Crippen LogP contribution in [0.3, 0.4) is 0 Å². The van der Waals surface area contributed by atoms with Crippen LogP contribution in [0.2, 0.25) is 0 Å². The fourth-order valence-corrected chi connectivity index (χ4v) is 8.12. The highest BCUT2D eigenvalue weighted by Crippen LogP contribution is 2.53. The summed E-state index contributed by atoms with van der Waals surface area (Å²) in [6, 6.07) is 9.13. The zero-order valence-corrected chi connectivity index (χ0v) is 24.9. The van der Waals surface area contributed by atoms with Crippen molar-refractivity contribution in [1.82, 2.24) is 19.9 Å². The highest BCUT2D eigenvalue weighted by molar-refractivity contribution is 6.01. The van der Waals surface area contributed by atoms with Crippen LogP contribution in [0.15, 0.2) is 36.5 Å². The number of pyridine rings is 1. The minimum atomic E-state index is -0.891. The fraction of sp³-hybridized carbons (Fsp3) is 0.500. The van der Waals surface area contributed by atoms with Gasteiger partial charge < -0.3 is 19.8 Å². The van der Waals surface area contributed by atoms with Gasteiger partial charge in [-0.1, -0.05) is 25.1 Å². The number of piperidine rings is 1. The lowest BCUT2D eigenvalue weighted by molar-refractivity contribution is 0.0733. The Morgan fingerprint density at radius 3 is 2.82 bits per heavy atom. The molecular weight excluding hydrogens is 564 g/mol. The molecule has 4 aliphatic rings. The molecule has 44 heavy (non-hydrogen) atoms. The van der Waals surface area contributed by atoms with Gasteiger partial charge in [-0.3, -0.25) is 9.88 Å². The second kappa shape index (κ2) is 10.2. The third kappa shape index (κ3) is 4.40. The molecule has 3 saturated heterocycles. The number of aryl methyl sites for hydroxylation is 1. The van der Waals surface area contributed by atoms with Crippen LogP contribution in [0.4, 0.5) is 14.6 Å². The summed E-state index contributed by atoms with van der Waals surface area (Å²) in [5.74, 6) is -0.0526. The summed E-state index contributed by atoms with van der Waals surface area (Å²) in [6.45, 7) is 4.70. The number of alkyl halides is 1. The Hall–Kier alpha value is -3.63. The molecule has 0 bridgehead atoms. The number of ether oxygens (including phenoxy) is 1. The Balaban J connectivity index is 1.26. The summed E-state index contributed by atoms with van der Waals surface area (Å²) >= 11 is 0. The number of fused-ring (bicyclic) bond motifs is 3. The van der Waals surface area contributed by atoms with E-state index in [1.807, 2.05) is 25.1 Å². The number of phenolic OH excluding ortho intramolecular Hbond substituents is 1. The molecule has 4 aromatic rings. The lowest BCUT2D eigenvalue weighted by Gasteiger charge is -2.37. The molecule has 1 unspecified atom stereocenters. The van der Waals surface area contributed by atoms with Crippen molar-refractivity contribution in [2.75, 3.05) is 37.7 Å². The number of halogens is 2. The second-order valence-electron chi connectivity index (χ2n) is 13.3. The van der Waals surface area contributed by atoms with Gasteiger partial charge in [-0.25, -0.2) is 8.78 Å². The van der Waals surface area contributed by atoms with Crippen LogP contribution in [0, 0.1) is 11.2 Å². The number of aliphatic hydroxyl groups is 1. The predicted octanol–water partition coefficient (Wildman–Crippen LogP) is 5.56. The molecule has 4 fully saturated rings. The van der Waals surface area contributed by atoms with Gasteiger partial charge in [0.05, 0.1) is 17.0 Å². The van der Waals surface area contributed by atoms with E-state index in [4.69, 9.17) is 9.72 Å². The number of hydrogen-bond donors (Lipinski definition) is 2. The highest BCUT2D eigenvalue weighted by atomic mass is 19.1. The van der Waals surface area contributed by atoms with Crippen LogP contribution >= 0.6 is 0 Å². The van der Waals surface area contributed by atoms with Crippen molar-refractivity contribution in [3.8, 4) is 23.0 Å². The Bertz CT molecular complexity index is 1780. The van der Waals surface area contributed by atoms with Crippen molar-refractivity contribution >= 4 is 27.5 Å². The van der Waals surface area contributed by atoms with Gasteiger partial charge in [-0.2, -0.15) is 9.97 Å². The summed E-state index contributed by atoms with van der Waals surface area (Å²) in [5, 5.41) is 23.4.